The minimum atomic E-state index is 0.625. The van der Waals surface area contributed by atoms with Gasteiger partial charge in [0.1, 0.15) is 5.82 Å². The van der Waals surface area contributed by atoms with Crippen LogP contribution in [0.15, 0.2) is 54.9 Å². The number of benzene rings is 2. The maximum atomic E-state index is 6.20. The number of piperazine rings is 1. The number of fused-ring (bicyclic) bond motifs is 1. The van der Waals surface area contributed by atoms with Gasteiger partial charge in [-0.15, -0.1) is 0 Å². The molecule has 4 aromatic rings. The highest BCUT2D eigenvalue weighted by atomic mass is 35.5. The molecule has 2 aromatic heterocycles. The summed E-state index contributed by atoms with van der Waals surface area (Å²) in [5.74, 6) is 1.60. The third-order valence-electron chi connectivity index (χ3n) is 6.38. The molecule has 5 rings (SSSR count). The summed E-state index contributed by atoms with van der Waals surface area (Å²) in [5.41, 5.74) is 4.13. The van der Waals surface area contributed by atoms with Gasteiger partial charge in [-0.3, -0.25) is 10.00 Å². The molecule has 0 atom stereocenters. The molecule has 182 valence electrons. The summed E-state index contributed by atoms with van der Waals surface area (Å²) in [6, 6.07) is 14.2. The van der Waals surface area contributed by atoms with E-state index in [0.29, 0.717) is 6.54 Å². The molecule has 0 radical (unpaired) electrons. The number of H-pyrrole nitrogens is 1. The molecule has 3 heterocycles. The van der Waals surface area contributed by atoms with Gasteiger partial charge in [-0.1, -0.05) is 29.8 Å². The van der Waals surface area contributed by atoms with E-state index >= 15 is 0 Å². The van der Waals surface area contributed by atoms with Crippen LogP contribution in [0.3, 0.4) is 0 Å². The summed E-state index contributed by atoms with van der Waals surface area (Å²) >= 11 is 6.20. The van der Waals surface area contributed by atoms with Crippen molar-refractivity contribution in [3.05, 3.63) is 65.4 Å². The zero-order chi connectivity index (χ0) is 24.2. The fraction of sp³-hybridized carbons (Fsp3) is 0.346. The van der Waals surface area contributed by atoms with Crippen LogP contribution in [-0.2, 0) is 6.54 Å². The lowest BCUT2D eigenvalue weighted by Gasteiger charge is -2.35. The number of nitrogens with one attached hydrogen (secondary N) is 2. The molecule has 1 aliphatic rings. The highest BCUT2D eigenvalue weighted by Crippen LogP contribution is 2.29. The van der Waals surface area contributed by atoms with Crippen molar-refractivity contribution in [2.45, 2.75) is 6.54 Å². The topological polar surface area (TPSA) is 76.2 Å². The van der Waals surface area contributed by atoms with Gasteiger partial charge in [0.25, 0.3) is 0 Å². The number of nitrogens with zero attached hydrogens (tertiary/aromatic N) is 6. The average Bonchev–Trinajstić information content (AvgIpc) is 3.41. The molecule has 35 heavy (non-hydrogen) atoms. The molecule has 9 heteroatoms. The normalized spacial score (nSPS) is 14.7. The first kappa shape index (κ1) is 23.5. The van der Waals surface area contributed by atoms with Crippen molar-refractivity contribution >= 4 is 34.3 Å². The van der Waals surface area contributed by atoms with Crippen LogP contribution >= 0.6 is 11.6 Å². The van der Waals surface area contributed by atoms with E-state index in [1.807, 2.05) is 30.6 Å². The summed E-state index contributed by atoms with van der Waals surface area (Å²) < 4.78 is 0. The SMILES string of the molecule is CN(C)CCN1CCN(c2nc(NCc3cccc(Cl)c3)c3cc(-c4cn[nH]c4)ccc3n2)CC1. The Morgan fingerprint density at radius 1 is 1.03 bits per heavy atom. The van der Waals surface area contributed by atoms with Crippen molar-refractivity contribution in [1.29, 1.82) is 0 Å². The molecule has 1 aliphatic heterocycles. The Balaban J connectivity index is 1.42. The number of anilines is 2. The van der Waals surface area contributed by atoms with Gasteiger partial charge in [-0.25, -0.2) is 4.98 Å². The van der Waals surface area contributed by atoms with Crippen molar-refractivity contribution in [3.63, 3.8) is 0 Å². The molecular formula is C26H31ClN8. The smallest absolute Gasteiger partial charge is 0.227 e. The highest BCUT2D eigenvalue weighted by Gasteiger charge is 2.21. The maximum absolute atomic E-state index is 6.20. The van der Waals surface area contributed by atoms with Crippen LogP contribution in [0.25, 0.3) is 22.0 Å². The molecule has 1 fully saturated rings. The molecule has 2 N–H and O–H groups in total. The molecule has 0 spiro atoms. The summed E-state index contributed by atoms with van der Waals surface area (Å²) in [6.07, 6.45) is 3.72. The van der Waals surface area contributed by atoms with Crippen LogP contribution in [0.4, 0.5) is 11.8 Å². The van der Waals surface area contributed by atoms with Crippen molar-refractivity contribution < 1.29 is 0 Å². The molecule has 2 aromatic carbocycles. The first-order chi connectivity index (χ1) is 17.0. The molecule has 0 saturated carbocycles. The van der Waals surface area contributed by atoms with Gasteiger partial charge in [-0.05, 0) is 49.5 Å². The highest BCUT2D eigenvalue weighted by molar-refractivity contribution is 6.30. The Labute approximate surface area is 210 Å². The Kier molecular flexibility index (Phi) is 7.13. The Hall–Kier alpha value is -3.20. The number of aromatic nitrogens is 4. The largest absolute Gasteiger partial charge is 0.365 e. The monoisotopic (exact) mass is 490 g/mol. The third kappa shape index (κ3) is 5.73. The van der Waals surface area contributed by atoms with Gasteiger partial charge in [0.15, 0.2) is 0 Å². The summed E-state index contributed by atoms with van der Waals surface area (Å²) in [7, 11) is 4.24. The van der Waals surface area contributed by atoms with Gasteiger partial charge >= 0.3 is 0 Å². The van der Waals surface area contributed by atoms with E-state index in [1.165, 1.54) is 0 Å². The lowest BCUT2D eigenvalue weighted by atomic mass is 10.1. The molecular weight excluding hydrogens is 460 g/mol. The van der Waals surface area contributed by atoms with Gasteiger partial charge in [0.05, 0.1) is 11.7 Å². The summed E-state index contributed by atoms with van der Waals surface area (Å²) in [4.78, 5) is 17.0. The predicted molar refractivity (Wildman–Crippen MR) is 143 cm³/mol. The van der Waals surface area contributed by atoms with E-state index in [9.17, 15) is 0 Å². The minimum Gasteiger partial charge on any atom is -0.365 e. The lowest BCUT2D eigenvalue weighted by Crippen LogP contribution is -2.48. The lowest BCUT2D eigenvalue weighted by molar-refractivity contribution is 0.229. The van der Waals surface area contributed by atoms with E-state index in [4.69, 9.17) is 21.6 Å². The van der Waals surface area contributed by atoms with E-state index in [-0.39, 0.29) is 0 Å². The fourth-order valence-electron chi connectivity index (χ4n) is 4.33. The Morgan fingerprint density at radius 2 is 1.89 bits per heavy atom. The number of hydrogen-bond acceptors (Lipinski definition) is 7. The zero-order valence-electron chi connectivity index (χ0n) is 20.2. The standard InChI is InChI=1S/C26H31ClN8/c1-33(2)8-9-34-10-12-35(13-11-34)26-31-24-7-6-20(21-17-29-30-18-21)15-23(24)25(32-26)28-16-19-4-3-5-22(27)14-19/h3-7,14-15,17-18H,8-13,16H2,1-2H3,(H,29,30)(H,28,31,32). The number of halogens is 1. The van der Waals surface area contributed by atoms with Crippen molar-refractivity contribution in [2.24, 2.45) is 0 Å². The second-order valence-corrected chi connectivity index (χ2v) is 9.64. The van der Waals surface area contributed by atoms with Crippen LogP contribution < -0.4 is 10.2 Å². The number of hydrogen-bond donors (Lipinski definition) is 2. The maximum Gasteiger partial charge on any atom is 0.227 e. The van der Waals surface area contributed by atoms with Crippen LogP contribution in [-0.4, -0.2) is 83.3 Å². The molecule has 8 nitrogen and oxygen atoms in total. The minimum absolute atomic E-state index is 0.625. The van der Waals surface area contributed by atoms with Crippen molar-refractivity contribution in [1.82, 2.24) is 30.0 Å². The van der Waals surface area contributed by atoms with Gasteiger partial charge in [0, 0.05) is 68.0 Å². The Morgan fingerprint density at radius 3 is 2.63 bits per heavy atom. The molecule has 1 saturated heterocycles. The summed E-state index contributed by atoms with van der Waals surface area (Å²) in [6.45, 7) is 6.64. The van der Waals surface area contributed by atoms with Gasteiger partial charge < -0.3 is 15.1 Å². The molecule has 0 aliphatic carbocycles. The number of rotatable bonds is 8. The van der Waals surface area contributed by atoms with E-state index in [0.717, 1.165) is 83.7 Å². The van der Waals surface area contributed by atoms with E-state index in [2.05, 4.69) is 68.6 Å². The molecule has 0 bridgehead atoms. The predicted octanol–water partition coefficient (Wildman–Crippen LogP) is 3.97. The quantitative estimate of drug-likeness (QED) is 0.387. The van der Waals surface area contributed by atoms with Crippen molar-refractivity contribution in [3.8, 4) is 11.1 Å². The summed E-state index contributed by atoms with van der Waals surface area (Å²) in [5, 5.41) is 12.2. The Bertz CT molecular complexity index is 1270. The molecule has 0 unspecified atom stereocenters. The second-order valence-electron chi connectivity index (χ2n) is 9.21. The number of aromatic amines is 1. The van der Waals surface area contributed by atoms with E-state index < -0.39 is 0 Å². The van der Waals surface area contributed by atoms with Crippen LogP contribution in [0, 0.1) is 0 Å². The van der Waals surface area contributed by atoms with Crippen LogP contribution in [0.5, 0.6) is 0 Å². The van der Waals surface area contributed by atoms with E-state index in [1.54, 1.807) is 0 Å². The number of likely N-dealkylation sites (N-methyl/N-ethyl adjacent to an activating group) is 1. The third-order valence-corrected chi connectivity index (χ3v) is 6.62. The first-order valence-electron chi connectivity index (χ1n) is 12.0. The van der Waals surface area contributed by atoms with Gasteiger partial charge in [0.2, 0.25) is 5.95 Å². The van der Waals surface area contributed by atoms with Crippen molar-refractivity contribution in [2.75, 3.05) is 63.6 Å². The average molecular weight is 491 g/mol. The van der Waals surface area contributed by atoms with Crippen LogP contribution in [0.2, 0.25) is 5.02 Å². The van der Waals surface area contributed by atoms with Gasteiger partial charge in [-0.2, -0.15) is 10.1 Å². The second kappa shape index (κ2) is 10.6. The first-order valence-corrected chi connectivity index (χ1v) is 12.3. The fourth-order valence-corrected chi connectivity index (χ4v) is 4.54. The molecule has 0 amide bonds. The van der Waals surface area contributed by atoms with Crippen LogP contribution in [0.1, 0.15) is 5.56 Å². The zero-order valence-corrected chi connectivity index (χ0v) is 21.0.